The van der Waals surface area contributed by atoms with Crippen molar-refractivity contribution in [3.63, 3.8) is 0 Å². The number of ether oxygens (including phenoxy) is 4. The average molecular weight is 484 g/mol. The van der Waals surface area contributed by atoms with Crippen molar-refractivity contribution in [1.29, 1.82) is 0 Å². The fourth-order valence-corrected chi connectivity index (χ4v) is 4.36. The van der Waals surface area contributed by atoms with Gasteiger partial charge in [-0.05, 0) is 0 Å². The predicted octanol–water partition coefficient (Wildman–Crippen LogP) is -4.70. The van der Waals surface area contributed by atoms with Gasteiger partial charge in [0.15, 0.2) is 24.8 Å². The second-order valence-corrected chi connectivity index (χ2v) is 8.74. The monoisotopic (exact) mass is 484 g/mol. The Morgan fingerprint density at radius 2 is 1.47 bits per heavy atom. The quantitative estimate of drug-likeness (QED) is 0.186. The van der Waals surface area contributed by atoms with Crippen molar-refractivity contribution >= 4 is 20.8 Å². The van der Waals surface area contributed by atoms with Gasteiger partial charge in [-0.3, -0.25) is 9.11 Å². The molecule has 3 saturated heterocycles. The summed E-state index contributed by atoms with van der Waals surface area (Å²) < 4.78 is 91.9. The molecule has 0 unspecified atom stereocenters. The van der Waals surface area contributed by atoms with Gasteiger partial charge in [-0.2, -0.15) is 16.8 Å². The SMILES string of the molecule is O=S(=O)(O)O[C@@H]1[C@@H](O[C@H]2O[C@@H]3CO[C@@H]([C@H]3O)[C@H]2OS(=O)(=O)O)[C@@H](O)[C@@H](CO)O[C@H]1O. The van der Waals surface area contributed by atoms with Gasteiger partial charge in [0, 0.05) is 0 Å². The van der Waals surface area contributed by atoms with Gasteiger partial charge >= 0.3 is 20.8 Å². The molecule has 6 N–H and O–H groups in total. The molecule has 3 heterocycles. The first-order valence-electron chi connectivity index (χ1n) is 8.35. The van der Waals surface area contributed by atoms with Crippen LogP contribution >= 0.6 is 0 Å². The Labute approximate surface area is 169 Å². The molecular formula is C12H20O16S2. The molecule has 3 rings (SSSR count). The Kier molecular flexibility index (Phi) is 7.02. The van der Waals surface area contributed by atoms with Gasteiger partial charge in [0.25, 0.3) is 0 Å². The fraction of sp³-hybridized carbons (Fsp3) is 1.00. The van der Waals surface area contributed by atoms with Crippen LogP contribution in [0.4, 0.5) is 0 Å². The second kappa shape index (κ2) is 8.75. The smallest absolute Gasteiger partial charge is 0.394 e. The zero-order valence-corrected chi connectivity index (χ0v) is 16.4. The minimum atomic E-state index is -5.20. The molecule has 0 aromatic carbocycles. The minimum Gasteiger partial charge on any atom is -0.394 e. The van der Waals surface area contributed by atoms with Crippen molar-refractivity contribution in [3.8, 4) is 0 Å². The number of hydrogen-bond donors (Lipinski definition) is 6. The van der Waals surface area contributed by atoms with Gasteiger partial charge in [-0.1, -0.05) is 0 Å². The van der Waals surface area contributed by atoms with E-state index in [0.29, 0.717) is 0 Å². The first-order valence-corrected chi connectivity index (χ1v) is 11.1. The van der Waals surface area contributed by atoms with Crippen LogP contribution in [-0.2, 0) is 48.1 Å². The van der Waals surface area contributed by atoms with Gasteiger partial charge in [-0.15, -0.1) is 0 Å². The van der Waals surface area contributed by atoms with E-state index < -0.39 is 88.8 Å². The highest BCUT2D eigenvalue weighted by molar-refractivity contribution is 7.81. The van der Waals surface area contributed by atoms with Crippen LogP contribution in [0.25, 0.3) is 0 Å². The van der Waals surface area contributed by atoms with Gasteiger partial charge in [0.2, 0.25) is 0 Å². The van der Waals surface area contributed by atoms with Crippen molar-refractivity contribution in [1.82, 2.24) is 0 Å². The summed E-state index contributed by atoms with van der Waals surface area (Å²) in [6.45, 7) is -1.08. The molecule has 3 aliphatic rings. The summed E-state index contributed by atoms with van der Waals surface area (Å²) in [7, 11) is -10.3. The van der Waals surface area contributed by atoms with Crippen LogP contribution in [0.3, 0.4) is 0 Å². The Morgan fingerprint density at radius 1 is 0.867 bits per heavy atom. The molecule has 0 spiro atoms. The van der Waals surface area contributed by atoms with Crippen LogP contribution in [0.2, 0.25) is 0 Å². The molecule has 3 aliphatic heterocycles. The largest absolute Gasteiger partial charge is 0.397 e. The zero-order valence-electron chi connectivity index (χ0n) is 14.8. The highest BCUT2D eigenvalue weighted by Crippen LogP contribution is 2.35. The van der Waals surface area contributed by atoms with Crippen LogP contribution in [0.15, 0.2) is 0 Å². The average Bonchev–Trinajstić information content (AvgIpc) is 2.86. The maximum Gasteiger partial charge on any atom is 0.397 e. The zero-order chi connectivity index (χ0) is 22.4. The molecule has 0 aliphatic carbocycles. The highest BCUT2D eigenvalue weighted by atomic mass is 32.3. The van der Waals surface area contributed by atoms with Crippen molar-refractivity contribution in [2.45, 2.75) is 61.4 Å². The predicted molar refractivity (Wildman–Crippen MR) is 86.1 cm³/mol. The van der Waals surface area contributed by atoms with Crippen LogP contribution in [0.1, 0.15) is 0 Å². The number of hydrogen-bond acceptors (Lipinski definition) is 14. The first-order chi connectivity index (χ1) is 13.8. The Bertz CT molecular complexity index is 814. The summed E-state index contributed by atoms with van der Waals surface area (Å²) in [5.74, 6) is 0. The molecule has 0 saturated carbocycles. The van der Waals surface area contributed by atoms with E-state index in [0.717, 1.165) is 0 Å². The standard InChI is InChI=1S/C12H20O16S2/c13-1-3-5(14)8(9(11(16)24-3)27-29(17,18)19)26-12-10(28-30(20,21)22)7-6(15)4(25-12)2-23-7/h3-16H,1-2H2,(H,17,18,19)(H,20,21,22)/t3-,4-,5+,6+,7+,8+,9-,10-,11-,12-/m1/s1. The molecule has 10 atom stereocenters. The molecular weight excluding hydrogens is 464 g/mol. The van der Waals surface area contributed by atoms with Gasteiger partial charge in [0.1, 0.15) is 36.6 Å². The van der Waals surface area contributed by atoms with Crippen LogP contribution < -0.4 is 0 Å². The molecule has 2 bridgehead atoms. The maximum absolute atomic E-state index is 11.2. The van der Waals surface area contributed by atoms with Gasteiger partial charge in [0.05, 0.1) is 13.2 Å². The topological polar surface area (TPSA) is 245 Å². The first kappa shape index (κ1) is 24.1. The van der Waals surface area contributed by atoms with Crippen LogP contribution in [-0.4, -0.2) is 121 Å². The number of rotatable bonds is 7. The number of fused-ring (bicyclic) bond motifs is 2. The molecule has 0 aromatic heterocycles. The van der Waals surface area contributed by atoms with Crippen LogP contribution in [0, 0.1) is 0 Å². The molecule has 3 fully saturated rings. The Balaban J connectivity index is 1.89. The lowest BCUT2D eigenvalue weighted by atomic mass is 9.98. The molecule has 176 valence electrons. The van der Waals surface area contributed by atoms with Gasteiger partial charge < -0.3 is 39.4 Å². The summed E-state index contributed by atoms with van der Waals surface area (Å²) in [6, 6.07) is 0. The summed E-state index contributed by atoms with van der Waals surface area (Å²) in [4.78, 5) is 0. The Morgan fingerprint density at radius 3 is 2.03 bits per heavy atom. The molecule has 0 amide bonds. The second-order valence-electron chi connectivity index (χ2n) is 6.65. The lowest BCUT2D eigenvalue weighted by Gasteiger charge is -2.44. The third-order valence-electron chi connectivity index (χ3n) is 4.64. The summed E-state index contributed by atoms with van der Waals surface area (Å²) >= 11 is 0. The highest BCUT2D eigenvalue weighted by Gasteiger charge is 2.56. The molecule has 0 radical (unpaired) electrons. The van der Waals surface area contributed by atoms with E-state index in [-0.39, 0.29) is 6.61 Å². The van der Waals surface area contributed by atoms with E-state index in [2.05, 4.69) is 8.37 Å². The van der Waals surface area contributed by atoms with Crippen molar-refractivity contribution in [2.24, 2.45) is 0 Å². The third-order valence-corrected chi connectivity index (χ3v) is 5.58. The normalized spacial score (nSPS) is 44.9. The van der Waals surface area contributed by atoms with Crippen LogP contribution in [0.5, 0.6) is 0 Å². The maximum atomic E-state index is 11.2. The van der Waals surface area contributed by atoms with Crippen molar-refractivity contribution in [3.05, 3.63) is 0 Å². The number of aliphatic hydroxyl groups is 4. The lowest BCUT2D eigenvalue weighted by Crippen LogP contribution is -2.64. The number of aliphatic hydroxyl groups excluding tert-OH is 4. The van der Waals surface area contributed by atoms with Crippen molar-refractivity contribution in [2.75, 3.05) is 13.2 Å². The van der Waals surface area contributed by atoms with E-state index in [1.165, 1.54) is 0 Å². The molecule has 0 aromatic rings. The van der Waals surface area contributed by atoms with E-state index in [9.17, 15) is 37.3 Å². The summed E-state index contributed by atoms with van der Waals surface area (Å²) in [5.41, 5.74) is 0. The fourth-order valence-electron chi connectivity index (χ4n) is 3.39. The molecule has 18 heteroatoms. The van der Waals surface area contributed by atoms with E-state index in [4.69, 9.17) is 28.1 Å². The Hall–Kier alpha value is -0.580. The molecule has 30 heavy (non-hydrogen) atoms. The van der Waals surface area contributed by atoms with Gasteiger partial charge in [-0.25, -0.2) is 8.37 Å². The summed E-state index contributed by atoms with van der Waals surface area (Å²) in [5, 5.41) is 39.6. The third kappa shape index (κ3) is 5.24. The summed E-state index contributed by atoms with van der Waals surface area (Å²) in [6.07, 6.45) is -17.0. The minimum absolute atomic E-state index is 0.222. The van der Waals surface area contributed by atoms with Crippen molar-refractivity contribution < 1.29 is 73.7 Å². The van der Waals surface area contributed by atoms with E-state index in [1.807, 2.05) is 0 Å². The van der Waals surface area contributed by atoms with E-state index >= 15 is 0 Å². The molecule has 16 nitrogen and oxygen atoms in total. The lowest BCUT2D eigenvalue weighted by molar-refractivity contribution is -0.336. The van der Waals surface area contributed by atoms with E-state index in [1.54, 1.807) is 0 Å².